The van der Waals surface area contributed by atoms with Crippen LogP contribution in [-0.4, -0.2) is 34.0 Å². The van der Waals surface area contributed by atoms with Crippen LogP contribution in [-0.2, 0) is 21.7 Å². The van der Waals surface area contributed by atoms with Gasteiger partial charge in [-0.25, -0.2) is 9.59 Å². The summed E-state index contributed by atoms with van der Waals surface area (Å²) in [6.07, 6.45) is 4.52. The first-order valence-corrected chi connectivity index (χ1v) is 17.8. The number of fused-ring (bicyclic) bond motifs is 2. The fourth-order valence-corrected chi connectivity index (χ4v) is 7.27. The molecule has 4 aromatic carbocycles. The van der Waals surface area contributed by atoms with Gasteiger partial charge in [0.2, 0.25) is 0 Å². The molecule has 0 heterocycles. The second kappa shape index (κ2) is 14.1. The molecule has 272 valence electrons. The maximum absolute atomic E-state index is 12.5. The van der Waals surface area contributed by atoms with Crippen LogP contribution in [0.15, 0.2) is 84.9 Å². The van der Waals surface area contributed by atoms with Crippen LogP contribution in [0.3, 0.4) is 0 Å². The lowest BCUT2D eigenvalue weighted by molar-refractivity contribution is 0.0686. The summed E-state index contributed by atoms with van der Waals surface area (Å²) in [6, 6.07) is 24.2. The number of hydrogen-bond donors (Lipinski definition) is 4. The molecule has 8 heteroatoms. The van der Waals surface area contributed by atoms with Crippen molar-refractivity contribution in [3.63, 3.8) is 0 Å². The van der Waals surface area contributed by atoms with Crippen molar-refractivity contribution >= 4 is 35.1 Å². The van der Waals surface area contributed by atoms with E-state index in [2.05, 4.69) is 90.3 Å². The van der Waals surface area contributed by atoms with Gasteiger partial charge >= 0.3 is 11.9 Å². The maximum Gasteiger partial charge on any atom is 0.335 e. The highest BCUT2D eigenvalue weighted by Crippen LogP contribution is 2.47. The quantitative estimate of drug-likeness (QED) is 0.158. The van der Waals surface area contributed by atoms with E-state index in [-0.39, 0.29) is 44.6 Å². The summed E-state index contributed by atoms with van der Waals surface area (Å²) in [4.78, 5) is 46.8. The Bertz CT molecular complexity index is 1870. The van der Waals surface area contributed by atoms with Gasteiger partial charge in [0.05, 0.1) is 11.1 Å². The predicted molar refractivity (Wildman–Crippen MR) is 206 cm³/mol. The first-order valence-electron chi connectivity index (χ1n) is 17.8. The van der Waals surface area contributed by atoms with E-state index >= 15 is 0 Å². The molecule has 2 aliphatic rings. The van der Waals surface area contributed by atoms with E-state index in [1.54, 1.807) is 0 Å². The summed E-state index contributed by atoms with van der Waals surface area (Å²) in [7, 11) is 0. The first kappa shape index (κ1) is 38.0. The third-order valence-corrected chi connectivity index (χ3v) is 11.0. The standard InChI is InChI=1S/2C22H25NO3/c2*1-21(2)11-12-22(3,4)18-13-16(9-10-17(18)21)23-19(24)14-5-7-15(8-6-14)20(25)26/h2*5-10,13H,11-12H2,1-4H3,(H,23,24)(H,25,26). The third-order valence-electron chi connectivity index (χ3n) is 11.0. The topological polar surface area (TPSA) is 133 Å². The molecule has 2 aliphatic carbocycles. The fraction of sp³-hybridized carbons (Fsp3) is 0.364. The van der Waals surface area contributed by atoms with Crippen molar-refractivity contribution in [3.8, 4) is 0 Å². The van der Waals surface area contributed by atoms with Gasteiger partial charge < -0.3 is 20.8 Å². The molecule has 0 radical (unpaired) electrons. The van der Waals surface area contributed by atoms with Crippen LogP contribution in [0.1, 0.15) is 145 Å². The van der Waals surface area contributed by atoms with Gasteiger partial charge in [0.15, 0.2) is 0 Å². The summed E-state index contributed by atoms with van der Waals surface area (Å²) in [6.45, 7) is 18.1. The molecule has 0 spiro atoms. The van der Waals surface area contributed by atoms with E-state index in [4.69, 9.17) is 10.2 Å². The second-order valence-electron chi connectivity index (χ2n) is 16.7. The van der Waals surface area contributed by atoms with Crippen LogP contribution >= 0.6 is 0 Å². The van der Waals surface area contributed by atoms with Crippen molar-refractivity contribution in [2.24, 2.45) is 0 Å². The molecule has 4 N–H and O–H groups in total. The summed E-state index contributed by atoms with van der Waals surface area (Å²) in [5.74, 6) is -2.49. The fourth-order valence-electron chi connectivity index (χ4n) is 7.27. The van der Waals surface area contributed by atoms with E-state index in [0.29, 0.717) is 11.1 Å². The average Bonchev–Trinajstić information content (AvgIpc) is 3.09. The van der Waals surface area contributed by atoms with Crippen molar-refractivity contribution in [2.45, 2.75) is 103 Å². The van der Waals surface area contributed by atoms with Gasteiger partial charge in [-0.2, -0.15) is 0 Å². The molecule has 0 saturated carbocycles. The number of aromatic carboxylic acids is 2. The Labute approximate surface area is 306 Å². The largest absolute Gasteiger partial charge is 0.478 e. The lowest BCUT2D eigenvalue weighted by Crippen LogP contribution is -2.33. The van der Waals surface area contributed by atoms with Crippen LogP contribution in [0.4, 0.5) is 11.4 Å². The van der Waals surface area contributed by atoms with E-state index in [9.17, 15) is 19.2 Å². The highest BCUT2D eigenvalue weighted by Gasteiger charge is 2.38. The SMILES string of the molecule is CC1(C)CCC(C)(C)c2cc(NC(=O)c3ccc(C(=O)O)cc3)ccc21.CC1(C)CCC(C)(C)c2cc(NC(=O)c3ccc(C(=O)O)cc3)ccc21. The zero-order chi connectivity index (χ0) is 38.2. The Balaban J connectivity index is 0.000000201. The number of carboxylic acid groups (broad SMARTS) is 2. The van der Waals surface area contributed by atoms with Crippen LogP contribution in [0.2, 0.25) is 0 Å². The Morgan fingerprint density at radius 1 is 0.423 bits per heavy atom. The van der Waals surface area contributed by atoms with E-state index in [1.165, 1.54) is 70.8 Å². The molecule has 0 unspecified atom stereocenters. The molecule has 0 saturated heterocycles. The Hall–Kier alpha value is -5.24. The van der Waals surface area contributed by atoms with Crippen LogP contribution < -0.4 is 10.6 Å². The summed E-state index contributed by atoms with van der Waals surface area (Å²) >= 11 is 0. The van der Waals surface area contributed by atoms with Gasteiger partial charge in [-0.1, -0.05) is 67.5 Å². The van der Waals surface area contributed by atoms with Crippen molar-refractivity contribution in [2.75, 3.05) is 10.6 Å². The minimum absolute atomic E-state index is 0.0781. The first-order chi connectivity index (χ1) is 24.2. The van der Waals surface area contributed by atoms with E-state index < -0.39 is 11.9 Å². The van der Waals surface area contributed by atoms with Gasteiger partial charge in [-0.15, -0.1) is 0 Å². The summed E-state index contributed by atoms with van der Waals surface area (Å²) in [5, 5.41) is 23.8. The van der Waals surface area contributed by atoms with Crippen LogP contribution in [0.25, 0.3) is 0 Å². The number of hydrogen-bond acceptors (Lipinski definition) is 4. The molecular weight excluding hydrogens is 652 g/mol. The number of amides is 2. The molecule has 0 bridgehead atoms. The predicted octanol–water partition coefficient (Wildman–Crippen LogP) is 9.97. The Morgan fingerprint density at radius 3 is 0.981 bits per heavy atom. The minimum Gasteiger partial charge on any atom is -0.478 e. The van der Waals surface area contributed by atoms with Crippen molar-refractivity contribution in [3.05, 3.63) is 129 Å². The van der Waals surface area contributed by atoms with Crippen LogP contribution in [0, 0.1) is 0 Å². The van der Waals surface area contributed by atoms with Gasteiger partial charge in [-0.3, -0.25) is 9.59 Å². The summed E-state index contributed by atoms with van der Waals surface area (Å²) in [5.41, 5.74) is 8.43. The number of anilines is 2. The number of benzene rings is 4. The second-order valence-corrected chi connectivity index (χ2v) is 16.7. The minimum atomic E-state index is -1.00. The summed E-state index contributed by atoms with van der Waals surface area (Å²) < 4.78 is 0. The molecule has 4 aromatic rings. The van der Waals surface area contributed by atoms with Gasteiger partial charge in [-0.05, 0) is 142 Å². The molecule has 0 aromatic heterocycles. The number of nitrogens with one attached hydrogen (secondary N) is 2. The molecule has 6 rings (SSSR count). The smallest absolute Gasteiger partial charge is 0.335 e. The van der Waals surface area contributed by atoms with Crippen molar-refractivity contribution in [1.29, 1.82) is 0 Å². The number of rotatable bonds is 6. The molecular formula is C44H50N2O6. The number of carbonyl (C=O) groups excluding carboxylic acids is 2. The zero-order valence-electron chi connectivity index (χ0n) is 31.4. The number of carbonyl (C=O) groups is 4. The zero-order valence-corrected chi connectivity index (χ0v) is 31.4. The molecule has 2 amide bonds. The van der Waals surface area contributed by atoms with Crippen molar-refractivity contribution in [1.82, 2.24) is 0 Å². The molecule has 0 fully saturated rings. The Morgan fingerprint density at radius 2 is 0.692 bits per heavy atom. The van der Waals surface area contributed by atoms with E-state index in [0.717, 1.165) is 37.1 Å². The Kier molecular flexibility index (Phi) is 10.3. The van der Waals surface area contributed by atoms with Gasteiger partial charge in [0.1, 0.15) is 0 Å². The molecule has 0 aliphatic heterocycles. The normalized spacial score (nSPS) is 17.2. The number of carboxylic acids is 2. The van der Waals surface area contributed by atoms with Crippen LogP contribution in [0.5, 0.6) is 0 Å². The van der Waals surface area contributed by atoms with Gasteiger partial charge in [0.25, 0.3) is 11.8 Å². The average molecular weight is 703 g/mol. The maximum atomic E-state index is 12.5. The highest BCUT2D eigenvalue weighted by molar-refractivity contribution is 6.05. The monoisotopic (exact) mass is 702 g/mol. The molecule has 8 nitrogen and oxygen atoms in total. The highest BCUT2D eigenvalue weighted by atomic mass is 16.4. The lowest BCUT2D eigenvalue weighted by atomic mass is 9.63. The lowest BCUT2D eigenvalue weighted by Gasteiger charge is -2.42. The van der Waals surface area contributed by atoms with Gasteiger partial charge in [0, 0.05) is 22.5 Å². The third kappa shape index (κ3) is 8.12. The van der Waals surface area contributed by atoms with E-state index in [1.807, 2.05) is 12.1 Å². The molecule has 0 atom stereocenters. The molecule has 52 heavy (non-hydrogen) atoms. The van der Waals surface area contributed by atoms with Crippen molar-refractivity contribution < 1.29 is 29.4 Å².